The van der Waals surface area contributed by atoms with Crippen molar-refractivity contribution in [2.45, 2.75) is 37.8 Å². The van der Waals surface area contributed by atoms with Crippen LogP contribution < -0.4 is 10.1 Å². The fraction of sp³-hybridized carbons (Fsp3) is 0.280. The number of methoxy groups -OCH3 is 1. The second kappa shape index (κ2) is 10.0. The maximum Gasteiger partial charge on any atom is 0.123 e. The van der Waals surface area contributed by atoms with Crippen molar-refractivity contribution in [2.75, 3.05) is 7.11 Å². The third-order valence-corrected chi connectivity index (χ3v) is 5.78. The van der Waals surface area contributed by atoms with E-state index in [1.807, 2.05) is 30.3 Å². The first-order valence-corrected chi connectivity index (χ1v) is 9.92. The molecule has 0 heterocycles. The zero-order valence-corrected chi connectivity index (χ0v) is 18.3. The van der Waals surface area contributed by atoms with Gasteiger partial charge in [-0.3, -0.25) is 0 Å². The molecule has 4 heteroatoms. The van der Waals surface area contributed by atoms with Gasteiger partial charge in [-0.25, -0.2) is 4.39 Å². The first kappa shape index (κ1) is 21.5. The van der Waals surface area contributed by atoms with Crippen LogP contribution in [0.15, 0.2) is 72.8 Å². The summed E-state index contributed by atoms with van der Waals surface area (Å²) in [7, 11) is 1.72. The first-order valence-electron chi connectivity index (χ1n) is 9.92. The van der Waals surface area contributed by atoms with Crippen LogP contribution in [0.5, 0.6) is 5.75 Å². The Bertz CT molecular complexity index is 928. The molecule has 0 spiro atoms. The zero-order valence-electron chi connectivity index (χ0n) is 16.6. The molecule has 0 saturated carbocycles. The number of para-hydroxylation sites is 1. The van der Waals surface area contributed by atoms with Gasteiger partial charge in [-0.15, -0.1) is 17.0 Å². The molecule has 1 N–H and O–H groups in total. The molecule has 0 saturated heterocycles. The van der Waals surface area contributed by atoms with E-state index in [2.05, 4.69) is 35.6 Å². The number of nitrogens with one attached hydrogen (secondary N) is 1. The van der Waals surface area contributed by atoms with E-state index in [1.54, 1.807) is 19.2 Å². The van der Waals surface area contributed by atoms with E-state index in [1.165, 1.54) is 22.3 Å². The Kier molecular flexibility index (Phi) is 7.45. The Morgan fingerprint density at radius 1 is 0.966 bits per heavy atom. The quantitative estimate of drug-likeness (QED) is 0.503. The highest BCUT2D eigenvalue weighted by Crippen LogP contribution is 2.35. The van der Waals surface area contributed by atoms with Gasteiger partial charge in [-0.2, -0.15) is 0 Å². The summed E-state index contributed by atoms with van der Waals surface area (Å²) >= 11 is 0. The molecule has 0 unspecified atom stereocenters. The van der Waals surface area contributed by atoms with E-state index in [9.17, 15) is 4.39 Å². The number of ether oxygens (including phenoxy) is 1. The summed E-state index contributed by atoms with van der Waals surface area (Å²) in [6.45, 7) is 0.775. The molecule has 4 rings (SSSR count). The first-order chi connectivity index (χ1) is 13.7. The monoisotopic (exact) mass is 455 g/mol. The lowest BCUT2D eigenvalue weighted by Crippen LogP contribution is -2.39. The van der Waals surface area contributed by atoms with Crippen LogP contribution >= 0.6 is 17.0 Å². The van der Waals surface area contributed by atoms with E-state index in [-0.39, 0.29) is 22.8 Å². The van der Waals surface area contributed by atoms with Gasteiger partial charge in [0.2, 0.25) is 0 Å². The molecule has 2 nitrogen and oxygen atoms in total. The summed E-state index contributed by atoms with van der Waals surface area (Å²) in [5.74, 6) is 1.10. The lowest BCUT2D eigenvalue weighted by molar-refractivity contribution is 0.373. The second-order valence-electron chi connectivity index (χ2n) is 7.47. The summed E-state index contributed by atoms with van der Waals surface area (Å²) < 4.78 is 18.8. The van der Waals surface area contributed by atoms with E-state index < -0.39 is 0 Å². The minimum atomic E-state index is -0.182. The Hall–Kier alpha value is -2.17. The van der Waals surface area contributed by atoms with Crippen LogP contribution in [0, 0.1) is 5.82 Å². The normalized spacial score (nSPS) is 17.9. The van der Waals surface area contributed by atoms with E-state index in [0.717, 1.165) is 31.6 Å². The topological polar surface area (TPSA) is 21.3 Å². The molecule has 152 valence electrons. The minimum Gasteiger partial charge on any atom is -0.496 e. The van der Waals surface area contributed by atoms with Crippen molar-refractivity contribution in [1.29, 1.82) is 0 Å². The number of aryl methyl sites for hydroxylation is 1. The molecular formula is C25H27BrFNO. The average Bonchev–Trinajstić information content (AvgIpc) is 2.75. The molecule has 1 aliphatic carbocycles. The Balaban J connectivity index is 0.00000240. The third-order valence-electron chi connectivity index (χ3n) is 5.78. The zero-order chi connectivity index (χ0) is 19.3. The molecule has 0 fully saturated rings. The standard InChI is InChI=1S/C25H26FNO.BrH/c1-28-25-9-5-3-7-20(25)17-27-24-15-12-19-6-2-4-8-22(19)23(24)16-18-10-13-21(26)14-11-18;/h2-11,13-14,23-24,27H,12,15-17H2,1H3;1H/t23-,24+;/m0./s1. The molecule has 0 aromatic heterocycles. The van der Waals surface area contributed by atoms with Crippen LogP contribution in [-0.4, -0.2) is 13.2 Å². The van der Waals surface area contributed by atoms with Gasteiger partial charge in [0.1, 0.15) is 11.6 Å². The summed E-state index contributed by atoms with van der Waals surface area (Å²) in [5.41, 5.74) is 5.19. The fourth-order valence-corrected chi connectivity index (χ4v) is 4.31. The largest absolute Gasteiger partial charge is 0.496 e. The van der Waals surface area contributed by atoms with Crippen LogP contribution in [0.25, 0.3) is 0 Å². The lowest BCUT2D eigenvalue weighted by atomic mass is 9.76. The van der Waals surface area contributed by atoms with E-state index in [4.69, 9.17) is 4.74 Å². The summed E-state index contributed by atoms with van der Waals surface area (Å²) in [6, 6.07) is 24.2. The Labute approximate surface area is 182 Å². The molecule has 0 aliphatic heterocycles. The van der Waals surface area contributed by atoms with Crippen LogP contribution in [-0.2, 0) is 19.4 Å². The minimum absolute atomic E-state index is 0. The van der Waals surface area contributed by atoms with Crippen LogP contribution in [0.2, 0.25) is 0 Å². The fourth-order valence-electron chi connectivity index (χ4n) is 4.31. The smallest absolute Gasteiger partial charge is 0.123 e. The SMILES string of the molecule is Br.COc1ccccc1CN[C@@H]1CCc2ccccc2[C@@H]1Cc1ccc(F)cc1. The van der Waals surface area contributed by atoms with Gasteiger partial charge < -0.3 is 10.1 Å². The Morgan fingerprint density at radius 2 is 1.69 bits per heavy atom. The number of benzene rings is 3. The molecule has 1 aliphatic rings. The molecule has 0 bridgehead atoms. The third kappa shape index (κ3) is 5.06. The average molecular weight is 456 g/mol. The predicted molar refractivity (Wildman–Crippen MR) is 122 cm³/mol. The van der Waals surface area contributed by atoms with Gasteiger partial charge in [-0.05, 0) is 54.2 Å². The highest BCUT2D eigenvalue weighted by Gasteiger charge is 2.29. The van der Waals surface area contributed by atoms with Crippen molar-refractivity contribution in [3.05, 3.63) is 101 Å². The molecule has 29 heavy (non-hydrogen) atoms. The molecule has 3 aromatic rings. The molecule has 3 aromatic carbocycles. The summed E-state index contributed by atoms with van der Waals surface area (Å²) in [4.78, 5) is 0. The number of halogens is 2. The molecular weight excluding hydrogens is 429 g/mol. The number of fused-ring (bicyclic) bond motifs is 1. The van der Waals surface area contributed by atoms with Crippen molar-refractivity contribution >= 4 is 17.0 Å². The highest BCUT2D eigenvalue weighted by molar-refractivity contribution is 8.93. The van der Waals surface area contributed by atoms with Crippen molar-refractivity contribution in [3.63, 3.8) is 0 Å². The maximum atomic E-state index is 13.3. The molecule has 0 amide bonds. The number of hydrogen-bond acceptors (Lipinski definition) is 2. The van der Waals surface area contributed by atoms with Gasteiger partial charge in [0, 0.05) is 24.1 Å². The predicted octanol–water partition coefficient (Wildman–Crippen LogP) is 5.84. The maximum absolute atomic E-state index is 13.3. The molecule has 0 radical (unpaired) electrons. The number of hydrogen-bond donors (Lipinski definition) is 1. The highest BCUT2D eigenvalue weighted by atomic mass is 79.9. The van der Waals surface area contributed by atoms with Crippen molar-refractivity contribution in [1.82, 2.24) is 5.32 Å². The van der Waals surface area contributed by atoms with Crippen LogP contribution in [0.4, 0.5) is 4.39 Å². The van der Waals surface area contributed by atoms with Crippen molar-refractivity contribution in [2.24, 2.45) is 0 Å². The van der Waals surface area contributed by atoms with Crippen LogP contribution in [0.1, 0.15) is 34.6 Å². The van der Waals surface area contributed by atoms with Gasteiger partial charge >= 0.3 is 0 Å². The number of rotatable bonds is 6. The van der Waals surface area contributed by atoms with Gasteiger partial charge in [-0.1, -0.05) is 54.6 Å². The second-order valence-corrected chi connectivity index (χ2v) is 7.47. The van der Waals surface area contributed by atoms with Crippen LogP contribution in [0.3, 0.4) is 0 Å². The van der Waals surface area contributed by atoms with E-state index >= 15 is 0 Å². The molecule has 2 atom stereocenters. The van der Waals surface area contributed by atoms with Gasteiger partial charge in [0.25, 0.3) is 0 Å². The van der Waals surface area contributed by atoms with Crippen molar-refractivity contribution in [3.8, 4) is 5.75 Å². The van der Waals surface area contributed by atoms with Gasteiger partial charge in [0.15, 0.2) is 0 Å². The lowest BCUT2D eigenvalue weighted by Gasteiger charge is -2.35. The van der Waals surface area contributed by atoms with Gasteiger partial charge in [0.05, 0.1) is 7.11 Å². The summed E-state index contributed by atoms with van der Waals surface area (Å²) in [6.07, 6.45) is 3.08. The van der Waals surface area contributed by atoms with Crippen molar-refractivity contribution < 1.29 is 9.13 Å². The summed E-state index contributed by atoms with van der Waals surface area (Å²) in [5, 5.41) is 3.78. The Morgan fingerprint density at radius 3 is 2.48 bits per heavy atom. The van der Waals surface area contributed by atoms with E-state index in [0.29, 0.717) is 12.0 Å².